The number of imidazole rings is 1. The minimum absolute atomic E-state index is 0.744. The second-order valence-electron chi connectivity index (χ2n) is 6.34. The van der Waals surface area contributed by atoms with Crippen molar-refractivity contribution in [1.29, 1.82) is 0 Å². The fraction of sp³-hybridized carbons (Fsp3) is 0.316. The lowest BCUT2D eigenvalue weighted by molar-refractivity contribution is 0.281. The second-order valence-corrected chi connectivity index (χ2v) is 7.63. The predicted molar refractivity (Wildman–Crippen MR) is 106 cm³/mol. The van der Waals surface area contributed by atoms with Gasteiger partial charge in [-0.1, -0.05) is 23.7 Å². The van der Waals surface area contributed by atoms with Crippen LogP contribution in [0.25, 0.3) is 16.9 Å². The zero-order chi connectivity index (χ0) is 17.2. The molecule has 1 fully saturated rings. The van der Waals surface area contributed by atoms with Crippen LogP contribution in [0, 0.1) is 0 Å². The van der Waals surface area contributed by atoms with Crippen molar-refractivity contribution in [2.45, 2.75) is 13.0 Å². The van der Waals surface area contributed by atoms with Gasteiger partial charge in [-0.25, -0.2) is 4.98 Å². The van der Waals surface area contributed by atoms with Crippen LogP contribution in [-0.2, 0) is 6.54 Å². The molecule has 0 saturated carbocycles. The molecule has 4 rings (SSSR count). The molecule has 0 radical (unpaired) electrons. The normalized spacial score (nSPS) is 16.2. The van der Waals surface area contributed by atoms with Gasteiger partial charge >= 0.3 is 0 Å². The van der Waals surface area contributed by atoms with Crippen LogP contribution in [-0.4, -0.2) is 40.5 Å². The number of hydrogen-bond acceptors (Lipinski definition) is 3. The van der Waals surface area contributed by atoms with E-state index in [0.29, 0.717) is 0 Å². The summed E-state index contributed by atoms with van der Waals surface area (Å²) in [7, 11) is 0. The van der Waals surface area contributed by atoms with Gasteiger partial charge in [-0.05, 0) is 59.7 Å². The molecule has 25 heavy (non-hydrogen) atoms. The van der Waals surface area contributed by atoms with Gasteiger partial charge < -0.3 is 9.72 Å². The number of hydrogen-bond donors (Lipinski definition) is 1. The Balaban J connectivity index is 1.80. The van der Waals surface area contributed by atoms with Gasteiger partial charge in [-0.15, -0.1) is 0 Å². The van der Waals surface area contributed by atoms with E-state index in [9.17, 15) is 0 Å². The van der Waals surface area contributed by atoms with Crippen molar-refractivity contribution >= 4 is 33.2 Å². The van der Waals surface area contributed by atoms with Crippen molar-refractivity contribution < 1.29 is 0 Å². The van der Waals surface area contributed by atoms with E-state index >= 15 is 0 Å². The molecule has 2 aromatic heterocycles. The van der Waals surface area contributed by atoms with E-state index in [1.165, 1.54) is 12.1 Å². The fourth-order valence-electron chi connectivity index (χ4n) is 3.34. The molecule has 1 aliphatic rings. The highest BCUT2D eigenvalue weighted by Crippen LogP contribution is 2.29. The van der Waals surface area contributed by atoms with Crippen LogP contribution in [0.4, 0.5) is 0 Å². The quantitative estimate of drug-likeness (QED) is 0.690. The Hall–Kier alpha value is -1.40. The number of halogens is 2. The predicted octanol–water partition coefficient (Wildman–Crippen LogP) is 4.21. The van der Waals surface area contributed by atoms with Crippen molar-refractivity contribution in [2.24, 2.45) is 0 Å². The van der Waals surface area contributed by atoms with Crippen LogP contribution < -0.4 is 5.32 Å². The van der Waals surface area contributed by atoms with E-state index < -0.39 is 0 Å². The van der Waals surface area contributed by atoms with Gasteiger partial charge in [-0.2, -0.15) is 0 Å². The fourth-order valence-corrected chi connectivity index (χ4v) is 3.90. The van der Waals surface area contributed by atoms with Crippen molar-refractivity contribution in [1.82, 2.24) is 19.6 Å². The lowest BCUT2D eigenvalue weighted by Crippen LogP contribution is -2.28. The average molecular weight is 420 g/mol. The molecule has 3 aromatic rings. The Morgan fingerprint density at radius 2 is 1.96 bits per heavy atom. The molecule has 1 aliphatic heterocycles. The first-order valence-electron chi connectivity index (χ1n) is 8.57. The molecular weight excluding hydrogens is 400 g/mol. The Labute approximate surface area is 160 Å². The standard InChI is InChI=1S/C19H20BrClN4/c20-16-3-1-11-25-17(13-24-10-2-8-22-9-12-24)18(23-19(16)25)14-4-6-15(21)7-5-14/h1,3-7,11,22H,2,8-10,12-13H2. The minimum Gasteiger partial charge on any atom is -0.315 e. The Morgan fingerprint density at radius 3 is 2.80 bits per heavy atom. The number of aromatic nitrogens is 2. The third-order valence-electron chi connectivity index (χ3n) is 4.63. The summed E-state index contributed by atoms with van der Waals surface area (Å²) in [5, 5.41) is 4.21. The van der Waals surface area contributed by atoms with Crippen molar-refractivity contribution in [3.05, 3.63) is 57.8 Å². The van der Waals surface area contributed by atoms with Gasteiger partial charge in [0.1, 0.15) is 0 Å². The summed E-state index contributed by atoms with van der Waals surface area (Å²) in [6, 6.07) is 12.0. The molecule has 130 valence electrons. The van der Waals surface area contributed by atoms with Crippen molar-refractivity contribution in [3.63, 3.8) is 0 Å². The number of benzene rings is 1. The van der Waals surface area contributed by atoms with E-state index in [1.807, 2.05) is 30.3 Å². The highest BCUT2D eigenvalue weighted by molar-refractivity contribution is 9.10. The van der Waals surface area contributed by atoms with E-state index in [1.54, 1.807) is 0 Å². The Morgan fingerprint density at radius 1 is 1.12 bits per heavy atom. The zero-order valence-electron chi connectivity index (χ0n) is 13.9. The van der Waals surface area contributed by atoms with Gasteiger partial charge in [-0.3, -0.25) is 4.90 Å². The minimum atomic E-state index is 0.744. The molecule has 0 unspecified atom stereocenters. The van der Waals surface area contributed by atoms with Gasteiger partial charge in [0.15, 0.2) is 5.65 Å². The van der Waals surface area contributed by atoms with Crippen molar-refractivity contribution in [3.8, 4) is 11.3 Å². The van der Waals surface area contributed by atoms with Crippen LogP contribution in [0.15, 0.2) is 47.1 Å². The summed E-state index contributed by atoms with van der Waals surface area (Å²) in [6.45, 7) is 5.18. The third kappa shape index (κ3) is 3.60. The topological polar surface area (TPSA) is 32.6 Å². The molecule has 1 aromatic carbocycles. The largest absolute Gasteiger partial charge is 0.315 e. The summed E-state index contributed by atoms with van der Waals surface area (Å²) in [6.07, 6.45) is 3.27. The molecular formula is C19H20BrClN4. The van der Waals surface area contributed by atoms with Gasteiger partial charge in [0.2, 0.25) is 0 Å². The first kappa shape index (κ1) is 17.0. The molecule has 1 N–H and O–H groups in total. The number of pyridine rings is 1. The highest BCUT2D eigenvalue weighted by atomic mass is 79.9. The van der Waals surface area contributed by atoms with Crippen LogP contribution in [0.2, 0.25) is 5.02 Å². The summed E-state index contributed by atoms with van der Waals surface area (Å²) in [5.41, 5.74) is 4.31. The van der Waals surface area contributed by atoms with Gasteiger partial charge in [0, 0.05) is 36.4 Å². The molecule has 0 amide bonds. The summed E-state index contributed by atoms with van der Waals surface area (Å²) >= 11 is 9.71. The summed E-state index contributed by atoms with van der Waals surface area (Å²) in [5.74, 6) is 0. The lowest BCUT2D eigenvalue weighted by atomic mass is 10.1. The maximum atomic E-state index is 6.07. The van der Waals surface area contributed by atoms with E-state index in [2.05, 4.69) is 42.8 Å². The van der Waals surface area contributed by atoms with Crippen LogP contribution in [0.1, 0.15) is 12.1 Å². The monoisotopic (exact) mass is 418 g/mol. The van der Waals surface area contributed by atoms with Crippen LogP contribution in [0.3, 0.4) is 0 Å². The van der Waals surface area contributed by atoms with Gasteiger partial charge in [0.05, 0.1) is 15.9 Å². The molecule has 0 spiro atoms. The first-order valence-corrected chi connectivity index (χ1v) is 9.74. The number of nitrogens with one attached hydrogen (secondary N) is 1. The summed E-state index contributed by atoms with van der Waals surface area (Å²) in [4.78, 5) is 7.44. The van der Waals surface area contributed by atoms with Crippen LogP contribution >= 0.6 is 27.5 Å². The van der Waals surface area contributed by atoms with Gasteiger partial charge in [0.25, 0.3) is 0 Å². The first-order chi connectivity index (χ1) is 12.2. The lowest BCUT2D eigenvalue weighted by Gasteiger charge is -2.20. The number of fused-ring (bicyclic) bond motifs is 1. The average Bonchev–Trinajstić information content (AvgIpc) is 2.79. The maximum Gasteiger partial charge on any atom is 0.152 e. The molecule has 3 heterocycles. The van der Waals surface area contributed by atoms with E-state index in [-0.39, 0.29) is 0 Å². The molecule has 0 aliphatic carbocycles. The molecule has 0 atom stereocenters. The molecule has 4 nitrogen and oxygen atoms in total. The molecule has 0 bridgehead atoms. The number of rotatable bonds is 3. The SMILES string of the molecule is Clc1ccc(-c2nc3c(Br)cccn3c2CN2CCCNCC2)cc1. The second kappa shape index (κ2) is 7.46. The van der Waals surface area contributed by atoms with Crippen molar-refractivity contribution in [2.75, 3.05) is 26.2 Å². The summed E-state index contributed by atoms with van der Waals surface area (Å²) < 4.78 is 3.21. The third-order valence-corrected chi connectivity index (χ3v) is 5.50. The molecule has 6 heteroatoms. The smallest absolute Gasteiger partial charge is 0.152 e. The zero-order valence-corrected chi connectivity index (χ0v) is 16.2. The van der Waals surface area contributed by atoms with Crippen LogP contribution in [0.5, 0.6) is 0 Å². The van der Waals surface area contributed by atoms with E-state index in [0.717, 1.165) is 59.1 Å². The Kier molecular flexibility index (Phi) is 5.08. The van der Waals surface area contributed by atoms with E-state index in [4.69, 9.17) is 16.6 Å². The molecule has 1 saturated heterocycles. The highest BCUT2D eigenvalue weighted by Gasteiger charge is 2.19. The Bertz CT molecular complexity index is 867. The maximum absolute atomic E-state index is 6.07. The number of nitrogens with zero attached hydrogens (tertiary/aromatic N) is 3.